The van der Waals surface area contributed by atoms with Crippen LogP contribution in [0.5, 0.6) is 0 Å². The van der Waals surface area contributed by atoms with Gasteiger partial charge in [-0.05, 0) is 32.1 Å². The van der Waals surface area contributed by atoms with Crippen LogP contribution in [0.15, 0.2) is 0 Å². The summed E-state index contributed by atoms with van der Waals surface area (Å²) in [5.41, 5.74) is -0.254. The summed E-state index contributed by atoms with van der Waals surface area (Å²) in [6.07, 6.45) is 14.3. The molecule has 2 aliphatic rings. The summed E-state index contributed by atoms with van der Waals surface area (Å²) in [6.45, 7) is 7.90. The molecule has 0 aromatic heterocycles. The maximum Gasteiger partial charge on any atom is 1.00 e. The van der Waals surface area contributed by atoms with Gasteiger partial charge in [0, 0.05) is 12.8 Å². The molecule has 0 radical (unpaired) electrons. The topological polar surface area (TPSA) is 37.3 Å². The fraction of sp³-hybridized carbons (Fsp3) is 0.889. The molecule has 0 heterocycles. The van der Waals surface area contributed by atoms with E-state index in [9.17, 15) is 9.90 Å². The first-order valence-corrected chi connectivity index (χ1v) is 8.61. The van der Waals surface area contributed by atoms with Gasteiger partial charge in [0.2, 0.25) is 0 Å². The van der Waals surface area contributed by atoms with E-state index in [0.717, 1.165) is 51.4 Å². The summed E-state index contributed by atoms with van der Waals surface area (Å²) in [4.78, 5) is 10.2. The Bertz CT molecular complexity index is 225. The maximum atomic E-state index is 10.2. The summed E-state index contributed by atoms with van der Waals surface area (Å²) in [6, 6.07) is 0. The Morgan fingerprint density at radius 1 is 1.05 bits per heavy atom. The van der Waals surface area contributed by atoms with Crippen molar-refractivity contribution >= 4 is 5.78 Å². The number of hydrogen-bond donors (Lipinski definition) is 1. The Balaban J connectivity index is 0. The van der Waals surface area contributed by atoms with Crippen molar-refractivity contribution in [2.45, 2.75) is 103 Å². The van der Waals surface area contributed by atoms with Crippen LogP contribution in [0.2, 0.25) is 0 Å². The van der Waals surface area contributed by atoms with Gasteiger partial charge in [-0.2, -0.15) is 6.42 Å². The third kappa shape index (κ3) is 13.6. The summed E-state index contributed by atoms with van der Waals surface area (Å²) in [5.74, 6) is 0.454. The summed E-state index contributed by atoms with van der Waals surface area (Å²) < 4.78 is 0. The first-order chi connectivity index (χ1) is 9.58. The monoisotopic (exact) mass is 290 g/mol. The van der Waals surface area contributed by atoms with E-state index in [1.54, 1.807) is 0 Å². The molecule has 2 nitrogen and oxygen atoms in total. The van der Waals surface area contributed by atoms with E-state index in [-0.39, 0.29) is 24.5 Å². The fourth-order valence-electron chi connectivity index (χ4n) is 2.56. The Kier molecular flexibility index (Phi) is 16.9. The second-order valence-corrected chi connectivity index (χ2v) is 6.13. The molecule has 0 amide bonds. The van der Waals surface area contributed by atoms with Crippen LogP contribution >= 0.6 is 0 Å². The van der Waals surface area contributed by atoms with E-state index in [2.05, 4.69) is 20.8 Å². The average Bonchev–Trinajstić information content (AvgIpc) is 3.09. The van der Waals surface area contributed by atoms with Gasteiger partial charge >= 0.3 is 18.9 Å². The van der Waals surface area contributed by atoms with E-state index in [4.69, 9.17) is 0 Å². The minimum Gasteiger partial charge on any atom is -0.390 e. The van der Waals surface area contributed by atoms with Crippen LogP contribution in [0, 0.1) is 6.92 Å². The minimum atomic E-state index is -0.254. The van der Waals surface area contributed by atoms with Crippen LogP contribution in [-0.4, -0.2) is 16.5 Å². The van der Waals surface area contributed by atoms with E-state index >= 15 is 0 Å². The molecule has 0 saturated heterocycles. The molecule has 1 N–H and O–H groups in total. The summed E-state index contributed by atoms with van der Waals surface area (Å²) in [7, 11) is 0. The van der Waals surface area contributed by atoms with Crippen LogP contribution in [0.25, 0.3) is 0 Å². The molecule has 0 aromatic carbocycles. The molecule has 120 valence electrons. The van der Waals surface area contributed by atoms with Crippen molar-refractivity contribution in [1.29, 1.82) is 0 Å². The zero-order valence-electron chi connectivity index (χ0n) is 14.8. The molecule has 0 unspecified atom stereocenters. The van der Waals surface area contributed by atoms with E-state index in [1.165, 1.54) is 32.1 Å². The van der Waals surface area contributed by atoms with Gasteiger partial charge in [-0.1, -0.05) is 46.0 Å². The molecule has 21 heavy (non-hydrogen) atoms. The number of carbonyl (C=O) groups excluding carboxylic acids is 1. The van der Waals surface area contributed by atoms with Gasteiger partial charge in [-0.25, -0.2) is 0 Å². The molecule has 0 aromatic rings. The molecule has 2 aliphatic carbocycles. The predicted octanol–water partition coefficient (Wildman–Crippen LogP) is 2.24. The normalized spacial score (nSPS) is 19.0. The van der Waals surface area contributed by atoms with Crippen LogP contribution in [0.1, 0.15) is 97.3 Å². The number of unbranched alkanes of at least 4 members (excludes halogenated alkanes) is 2. The van der Waals surface area contributed by atoms with Gasteiger partial charge in [0.25, 0.3) is 0 Å². The zero-order chi connectivity index (χ0) is 15.3. The summed E-state index contributed by atoms with van der Waals surface area (Å²) >= 11 is 0. The Hall–Kier alpha value is 0.227. The molecule has 2 rings (SSSR count). The predicted molar refractivity (Wildman–Crippen MR) is 86.7 cm³/mol. The van der Waals surface area contributed by atoms with Crippen molar-refractivity contribution in [3.8, 4) is 0 Å². The smallest absolute Gasteiger partial charge is 0.390 e. The van der Waals surface area contributed by atoms with E-state index in [1.807, 2.05) is 0 Å². The largest absolute Gasteiger partial charge is 1.00 e. The van der Waals surface area contributed by atoms with Crippen LogP contribution in [-0.2, 0) is 4.79 Å². The van der Waals surface area contributed by atoms with Gasteiger partial charge in [0.05, 0.1) is 5.60 Å². The van der Waals surface area contributed by atoms with Crippen molar-refractivity contribution in [3.63, 3.8) is 0 Å². The third-order valence-electron chi connectivity index (χ3n) is 4.04. The molecule has 0 aliphatic heterocycles. The number of aliphatic hydroxyl groups is 1. The molecule has 2 fully saturated rings. The van der Waals surface area contributed by atoms with Crippen molar-refractivity contribution in [1.82, 2.24) is 0 Å². The second kappa shape index (κ2) is 15.1. The van der Waals surface area contributed by atoms with Crippen molar-refractivity contribution < 1.29 is 28.8 Å². The number of Topliss-reactive ketones (excluding diaryl/α,β-unsaturated/α-hetero) is 1. The molecule has 0 atom stereocenters. The van der Waals surface area contributed by atoms with Crippen molar-refractivity contribution in [2.75, 3.05) is 0 Å². The molecular weight excluding hydrogens is 255 g/mol. The van der Waals surface area contributed by atoms with Gasteiger partial charge in [0.15, 0.2) is 0 Å². The third-order valence-corrected chi connectivity index (χ3v) is 4.04. The standard InChI is InChI=1S/C9H18O.C5H8O.C4H9.Li/c1-2-3-6-9(10)7-4-5-8-9;6-5-3-1-2-4-5;1-3-4-2;/h10H,2-8H2,1H3;1-4H2;1,3-4H2,2H3;/q;;-1;+1. The van der Waals surface area contributed by atoms with Crippen molar-refractivity contribution in [3.05, 3.63) is 6.92 Å². The van der Waals surface area contributed by atoms with Crippen LogP contribution in [0.4, 0.5) is 0 Å². The number of hydrogen-bond acceptors (Lipinski definition) is 2. The van der Waals surface area contributed by atoms with E-state index in [0.29, 0.717) is 5.78 Å². The maximum absolute atomic E-state index is 10.2. The van der Waals surface area contributed by atoms with Gasteiger partial charge in [-0.3, -0.25) is 4.79 Å². The van der Waals surface area contributed by atoms with Crippen molar-refractivity contribution in [2.24, 2.45) is 0 Å². The quantitative estimate of drug-likeness (QED) is 0.637. The van der Waals surface area contributed by atoms with Gasteiger partial charge < -0.3 is 12.0 Å². The number of ketones is 1. The Labute approximate surface area is 144 Å². The molecule has 3 heteroatoms. The van der Waals surface area contributed by atoms with Crippen LogP contribution < -0.4 is 18.9 Å². The van der Waals surface area contributed by atoms with Crippen LogP contribution in [0.3, 0.4) is 0 Å². The molecule has 0 bridgehead atoms. The Morgan fingerprint density at radius 3 is 1.81 bits per heavy atom. The number of carbonyl (C=O) groups is 1. The average molecular weight is 290 g/mol. The minimum absolute atomic E-state index is 0. The Morgan fingerprint density at radius 2 is 1.52 bits per heavy atom. The molecular formula is C18H35LiO2. The molecule has 0 spiro atoms. The fourth-order valence-corrected chi connectivity index (χ4v) is 2.56. The van der Waals surface area contributed by atoms with Gasteiger partial charge in [0.1, 0.15) is 5.78 Å². The SMILES string of the molecule is CCCCC1(O)CCCC1.O=C1CCCC1.[CH2-]CCC.[Li+]. The zero-order valence-corrected chi connectivity index (χ0v) is 14.8. The summed E-state index contributed by atoms with van der Waals surface area (Å²) in [5, 5.41) is 9.82. The molecule has 2 saturated carbocycles. The van der Waals surface area contributed by atoms with E-state index < -0.39 is 0 Å². The number of rotatable bonds is 4. The van der Waals surface area contributed by atoms with Gasteiger partial charge in [-0.15, -0.1) is 0 Å². The first-order valence-electron chi connectivity index (χ1n) is 8.61. The second-order valence-electron chi connectivity index (χ2n) is 6.13. The first kappa shape index (κ1) is 23.5.